The van der Waals surface area contributed by atoms with E-state index in [-0.39, 0.29) is 11.9 Å². The number of carbonyl (C=O) groups is 1. The van der Waals surface area contributed by atoms with Crippen LogP contribution in [0.2, 0.25) is 0 Å². The molecule has 7 heteroatoms. The van der Waals surface area contributed by atoms with Gasteiger partial charge in [0.25, 0.3) is 0 Å². The first-order valence-electron chi connectivity index (χ1n) is 7.01. The third-order valence-corrected chi connectivity index (χ3v) is 3.78. The molecule has 2 aromatic rings. The molecule has 1 aliphatic rings. The molecule has 2 heterocycles. The Morgan fingerprint density at radius 2 is 2.10 bits per heavy atom. The molecule has 1 aliphatic heterocycles. The fourth-order valence-electron chi connectivity index (χ4n) is 2.42. The van der Waals surface area contributed by atoms with Gasteiger partial charge in [0, 0.05) is 13.1 Å². The molecule has 0 saturated carbocycles. The Morgan fingerprint density at radius 3 is 2.86 bits per heavy atom. The molecule has 1 aromatic carbocycles. The highest BCUT2D eigenvalue weighted by molar-refractivity contribution is 5.81. The molecular weight excluding hydrogens is 268 g/mol. The molecule has 3 rings (SSSR count). The number of amides is 1. The van der Waals surface area contributed by atoms with Crippen LogP contribution in [0.25, 0.3) is 5.69 Å². The summed E-state index contributed by atoms with van der Waals surface area (Å²) in [5.41, 5.74) is 2.12. The molecule has 0 spiro atoms. The van der Waals surface area contributed by atoms with Gasteiger partial charge >= 0.3 is 0 Å². The van der Waals surface area contributed by atoms with Gasteiger partial charge in [0.05, 0.1) is 18.3 Å². The molecule has 0 radical (unpaired) electrons. The number of nitrogens with zero attached hydrogens (tertiary/aromatic N) is 5. The van der Waals surface area contributed by atoms with Gasteiger partial charge < -0.3 is 5.32 Å². The predicted octanol–water partition coefficient (Wildman–Crippen LogP) is 0.291. The predicted molar refractivity (Wildman–Crippen MR) is 76.8 cm³/mol. The van der Waals surface area contributed by atoms with E-state index in [2.05, 4.69) is 25.7 Å². The third-order valence-electron chi connectivity index (χ3n) is 3.78. The SMILES string of the molecule is Cc1ccc(-n2nnnc2CN2CCNC(=O)[C@@H]2C)cc1. The molecule has 0 unspecified atom stereocenters. The Bertz CT molecular complexity index is 635. The molecule has 110 valence electrons. The van der Waals surface area contributed by atoms with Crippen LogP contribution in [0.5, 0.6) is 0 Å². The summed E-state index contributed by atoms with van der Waals surface area (Å²) >= 11 is 0. The molecule has 1 saturated heterocycles. The van der Waals surface area contributed by atoms with E-state index in [0.29, 0.717) is 13.1 Å². The van der Waals surface area contributed by atoms with E-state index in [1.165, 1.54) is 5.56 Å². The van der Waals surface area contributed by atoms with Crippen LogP contribution in [0.4, 0.5) is 0 Å². The number of tetrazole rings is 1. The molecule has 1 amide bonds. The number of nitrogens with one attached hydrogen (secondary N) is 1. The van der Waals surface area contributed by atoms with Crippen LogP contribution >= 0.6 is 0 Å². The van der Waals surface area contributed by atoms with E-state index in [1.807, 2.05) is 38.1 Å². The average Bonchev–Trinajstić information content (AvgIpc) is 2.93. The molecule has 1 aromatic heterocycles. The van der Waals surface area contributed by atoms with Crippen molar-refractivity contribution in [3.05, 3.63) is 35.7 Å². The summed E-state index contributed by atoms with van der Waals surface area (Å²) < 4.78 is 1.72. The lowest BCUT2D eigenvalue weighted by atomic mass is 10.2. The first-order chi connectivity index (χ1) is 10.1. The van der Waals surface area contributed by atoms with Crippen molar-refractivity contribution in [1.29, 1.82) is 0 Å². The Morgan fingerprint density at radius 1 is 1.33 bits per heavy atom. The Labute approximate surface area is 122 Å². The van der Waals surface area contributed by atoms with E-state index in [0.717, 1.165) is 18.1 Å². The molecule has 0 bridgehead atoms. The van der Waals surface area contributed by atoms with Crippen molar-refractivity contribution < 1.29 is 4.79 Å². The van der Waals surface area contributed by atoms with Gasteiger partial charge in [0.2, 0.25) is 5.91 Å². The zero-order chi connectivity index (χ0) is 14.8. The molecule has 1 fully saturated rings. The molecule has 1 atom stereocenters. The van der Waals surface area contributed by atoms with Crippen molar-refractivity contribution in [1.82, 2.24) is 30.4 Å². The van der Waals surface area contributed by atoms with Crippen LogP contribution in [0.1, 0.15) is 18.3 Å². The normalized spacial score (nSPS) is 19.5. The highest BCUT2D eigenvalue weighted by Gasteiger charge is 2.26. The molecular formula is C14H18N6O. The smallest absolute Gasteiger partial charge is 0.237 e. The largest absolute Gasteiger partial charge is 0.353 e. The minimum absolute atomic E-state index is 0.0515. The molecule has 1 N–H and O–H groups in total. The summed E-state index contributed by atoms with van der Waals surface area (Å²) in [4.78, 5) is 13.8. The summed E-state index contributed by atoms with van der Waals surface area (Å²) in [5.74, 6) is 0.788. The van der Waals surface area contributed by atoms with Crippen molar-refractivity contribution >= 4 is 5.91 Å². The first kappa shape index (κ1) is 13.7. The van der Waals surface area contributed by atoms with Crippen LogP contribution in [-0.2, 0) is 11.3 Å². The maximum Gasteiger partial charge on any atom is 0.237 e. The summed E-state index contributed by atoms with van der Waals surface area (Å²) in [5, 5.41) is 14.8. The van der Waals surface area contributed by atoms with Gasteiger partial charge in [-0.05, 0) is 36.4 Å². The van der Waals surface area contributed by atoms with Crippen molar-refractivity contribution in [2.45, 2.75) is 26.4 Å². The average molecular weight is 286 g/mol. The summed E-state index contributed by atoms with van der Waals surface area (Å²) in [6.45, 7) is 5.95. The van der Waals surface area contributed by atoms with Gasteiger partial charge in [-0.1, -0.05) is 17.7 Å². The Hall–Kier alpha value is -2.28. The maximum absolute atomic E-state index is 11.7. The third kappa shape index (κ3) is 2.78. The quantitative estimate of drug-likeness (QED) is 0.877. The molecule has 21 heavy (non-hydrogen) atoms. The number of hydrogen-bond donors (Lipinski definition) is 1. The number of aryl methyl sites for hydroxylation is 1. The number of benzene rings is 1. The van der Waals surface area contributed by atoms with E-state index >= 15 is 0 Å². The second-order valence-corrected chi connectivity index (χ2v) is 5.28. The van der Waals surface area contributed by atoms with E-state index in [4.69, 9.17) is 0 Å². The number of rotatable bonds is 3. The van der Waals surface area contributed by atoms with Gasteiger partial charge in [0.15, 0.2) is 5.82 Å². The van der Waals surface area contributed by atoms with Crippen molar-refractivity contribution in [3.63, 3.8) is 0 Å². The number of aromatic nitrogens is 4. The highest BCUT2D eigenvalue weighted by Crippen LogP contribution is 2.13. The topological polar surface area (TPSA) is 75.9 Å². The summed E-state index contributed by atoms with van der Waals surface area (Å²) in [7, 11) is 0. The lowest BCUT2D eigenvalue weighted by molar-refractivity contribution is -0.128. The number of hydrogen-bond acceptors (Lipinski definition) is 5. The first-order valence-corrected chi connectivity index (χ1v) is 7.01. The lowest BCUT2D eigenvalue weighted by Gasteiger charge is -2.32. The van der Waals surface area contributed by atoms with Crippen LogP contribution in [0.15, 0.2) is 24.3 Å². The van der Waals surface area contributed by atoms with E-state index in [1.54, 1.807) is 4.68 Å². The van der Waals surface area contributed by atoms with Crippen LogP contribution in [0, 0.1) is 6.92 Å². The monoisotopic (exact) mass is 286 g/mol. The molecule has 0 aliphatic carbocycles. The summed E-state index contributed by atoms with van der Waals surface area (Å²) in [6, 6.07) is 7.86. The van der Waals surface area contributed by atoms with Crippen molar-refractivity contribution in [3.8, 4) is 5.69 Å². The van der Waals surface area contributed by atoms with Gasteiger partial charge in [-0.3, -0.25) is 9.69 Å². The summed E-state index contributed by atoms with van der Waals surface area (Å²) in [6.07, 6.45) is 0. The van der Waals surface area contributed by atoms with Crippen LogP contribution in [0.3, 0.4) is 0 Å². The minimum atomic E-state index is -0.165. The second kappa shape index (κ2) is 5.61. The minimum Gasteiger partial charge on any atom is -0.353 e. The Kier molecular flexibility index (Phi) is 3.66. The van der Waals surface area contributed by atoms with Crippen molar-refractivity contribution in [2.75, 3.05) is 13.1 Å². The van der Waals surface area contributed by atoms with Gasteiger partial charge in [-0.2, -0.15) is 4.68 Å². The maximum atomic E-state index is 11.7. The highest BCUT2D eigenvalue weighted by atomic mass is 16.2. The van der Waals surface area contributed by atoms with E-state index < -0.39 is 0 Å². The van der Waals surface area contributed by atoms with Gasteiger partial charge in [-0.15, -0.1) is 5.10 Å². The lowest BCUT2D eigenvalue weighted by Crippen LogP contribution is -2.53. The van der Waals surface area contributed by atoms with E-state index in [9.17, 15) is 4.79 Å². The fraction of sp³-hybridized carbons (Fsp3) is 0.429. The molecule has 7 nitrogen and oxygen atoms in total. The Balaban J connectivity index is 1.82. The standard InChI is InChI=1S/C14H18N6O/c1-10-3-5-12(6-4-10)20-13(16-17-18-20)9-19-8-7-15-14(21)11(19)2/h3-6,11H,7-9H2,1-2H3,(H,15,21)/t11-/m0/s1. The second-order valence-electron chi connectivity index (χ2n) is 5.28. The number of carbonyl (C=O) groups excluding carboxylic acids is 1. The van der Waals surface area contributed by atoms with Gasteiger partial charge in [0.1, 0.15) is 0 Å². The van der Waals surface area contributed by atoms with Crippen molar-refractivity contribution in [2.24, 2.45) is 0 Å². The zero-order valence-electron chi connectivity index (χ0n) is 12.2. The van der Waals surface area contributed by atoms with Crippen LogP contribution in [-0.4, -0.2) is 50.1 Å². The zero-order valence-corrected chi connectivity index (χ0v) is 12.2. The number of piperazine rings is 1. The fourth-order valence-corrected chi connectivity index (χ4v) is 2.42. The van der Waals surface area contributed by atoms with Crippen LogP contribution < -0.4 is 5.32 Å². The van der Waals surface area contributed by atoms with Gasteiger partial charge in [-0.25, -0.2) is 0 Å².